The molecule has 1 N–H and O–H groups in total. The van der Waals surface area contributed by atoms with E-state index in [0.717, 1.165) is 0 Å². The Morgan fingerprint density at radius 2 is 1.89 bits per heavy atom. The first kappa shape index (κ1) is 13.6. The highest BCUT2D eigenvalue weighted by molar-refractivity contribution is 6.01. The summed E-state index contributed by atoms with van der Waals surface area (Å²) in [6.07, 6.45) is 0. The zero-order chi connectivity index (χ0) is 13.7. The lowest BCUT2D eigenvalue weighted by atomic mass is 10.1. The molecule has 1 aromatic rings. The van der Waals surface area contributed by atoms with Crippen molar-refractivity contribution >= 4 is 17.4 Å². The number of amides is 1. The highest BCUT2D eigenvalue weighted by Crippen LogP contribution is 2.12. The number of carbonyl (C=O) groups is 2. The Bertz CT molecular complexity index is 505. The monoisotopic (exact) mass is 248 g/mol. The number of non-ortho nitro benzene ring substituents is 1. The molecule has 1 rings (SSSR count). The third-order valence-electron chi connectivity index (χ3n) is 2.20. The summed E-state index contributed by atoms with van der Waals surface area (Å²) in [5.74, 6) is -0.718. The van der Waals surface area contributed by atoms with Crippen LogP contribution in [-0.4, -0.2) is 23.2 Å². The predicted octanol–water partition coefficient (Wildman–Crippen LogP) is 1.47. The van der Waals surface area contributed by atoms with Gasteiger partial charge in [-0.3, -0.25) is 19.7 Å². The normalized spacial score (nSPS) is 9.61. The molecule has 94 valence electrons. The summed E-state index contributed by atoms with van der Waals surface area (Å²) in [6.45, 7) is 4.81. The molecular weight excluding hydrogens is 236 g/mol. The molecule has 0 aliphatic carbocycles. The lowest BCUT2D eigenvalue weighted by molar-refractivity contribution is -0.384. The Labute approximate surface area is 103 Å². The molecule has 0 aliphatic rings. The summed E-state index contributed by atoms with van der Waals surface area (Å²) < 4.78 is 0. The number of Topliss-reactive ketones (excluding diaryl/α,β-unsaturated/α-hetero) is 1. The summed E-state index contributed by atoms with van der Waals surface area (Å²) in [7, 11) is 0. The fourth-order valence-electron chi connectivity index (χ4n) is 1.18. The number of carbonyl (C=O) groups excluding carboxylic acids is 2. The average molecular weight is 248 g/mol. The molecule has 6 heteroatoms. The van der Waals surface area contributed by atoms with Crippen molar-refractivity contribution in [1.29, 1.82) is 0 Å². The van der Waals surface area contributed by atoms with E-state index in [4.69, 9.17) is 0 Å². The van der Waals surface area contributed by atoms with Gasteiger partial charge in [-0.2, -0.15) is 0 Å². The molecule has 0 aliphatic heterocycles. The minimum Gasteiger partial charge on any atom is -0.345 e. The molecule has 0 atom stereocenters. The predicted molar refractivity (Wildman–Crippen MR) is 65.3 cm³/mol. The van der Waals surface area contributed by atoms with Gasteiger partial charge in [0.1, 0.15) is 0 Å². The minimum absolute atomic E-state index is 0.0856. The van der Waals surface area contributed by atoms with Gasteiger partial charge in [0.25, 0.3) is 5.69 Å². The molecule has 18 heavy (non-hydrogen) atoms. The summed E-state index contributed by atoms with van der Waals surface area (Å²) in [4.78, 5) is 32.7. The van der Waals surface area contributed by atoms with Crippen molar-refractivity contribution in [1.82, 2.24) is 5.32 Å². The van der Waals surface area contributed by atoms with Crippen molar-refractivity contribution in [3.63, 3.8) is 0 Å². The third-order valence-corrected chi connectivity index (χ3v) is 2.20. The van der Waals surface area contributed by atoms with Gasteiger partial charge in [0.05, 0.1) is 11.5 Å². The molecular formula is C12H12N2O4. The van der Waals surface area contributed by atoms with Gasteiger partial charge < -0.3 is 5.32 Å². The molecule has 0 spiro atoms. The Hall–Kier alpha value is -2.50. The molecule has 0 saturated carbocycles. The van der Waals surface area contributed by atoms with Crippen molar-refractivity contribution in [2.24, 2.45) is 0 Å². The second-order valence-corrected chi connectivity index (χ2v) is 3.69. The van der Waals surface area contributed by atoms with Crippen LogP contribution >= 0.6 is 0 Å². The summed E-state index contributed by atoms with van der Waals surface area (Å²) in [6, 6.07) is 5.20. The number of hydrogen-bond acceptors (Lipinski definition) is 4. The second kappa shape index (κ2) is 5.72. The molecule has 0 bridgehead atoms. The Kier molecular flexibility index (Phi) is 4.31. The largest absolute Gasteiger partial charge is 0.345 e. The SMILES string of the molecule is C=C(C)C(=O)NCC(=O)c1ccc([N+](=O)[O-])cc1. The maximum Gasteiger partial charge on any atom is 0.269 e. The van der Waals surface area contributed by atoms with Crippen LogP contribution in [0.25, 0.3) is 0 Å². The number of nitrogens with zero attached hydrogens (tertiary/aromatic N) is 1. The maximum atomic E-state index is 11.6. The van der Waals surface area contributed by atoms with Crippen molar-refractivity contribution in [3.05, 3.63) is 52.1 Å². The molecule has 0 saturated heterocycles. The molecule has 0 heterocycles. The van der Waals surface area contributed by atoms with E-state index in [9.17, 15) is 19.7 Å². The van der Waals surface area contributed by atoms with Crippen LogP contribution in [0.3, 0.4) is 0 Å². The van der Waals surface area contributed by atoms with Gasteiger partial charge >= 0.3 is 0 Å². The van der Waals surface area contributed by atoms with Gasteiger partial charge in [0, 0.05) is 23.3 Å². The number of rotatable bonds is 5. The topological polar surface area (TPSA) is 89.3 Å². The molecule has 0 unspecified atom stereocenters. The van der Waals surface area contributed by atoms with Gasteiger partial charge in [-0.1, -0.05) is 6.58 Å². The Balaban J connectivity index is 2.65. The fourth-order valence-corrected chi connectivity index (χ4v) is 1.18. The quantitative estimate of drug-likeness (QED) is 0.370. The van der Waals surface area contributed by atoms with Crippen LogP contribution in [0.4, 0.5) is 5.69 Å². The van der Waals surface area contributed by atoms with Crippen LogP contribution in [0.1, 0.15) is 17.3 Å². The van der Waals surface area contributed by atoms with Crippen LogP contribution in [0.15, 0.2) is 36.4 Å². The molecule has 1 aromatic carbocycles. The number of nitrogens with one attached hydrogen (secondary N) is 1. The van der Waals surface area contributed by atoms with Gasteiger partial charge in [-0.05, 0) is 19.1 Å². The number of ketones is 1. The van der Waals surface area contributed by atoms with Crippen molar-refractivity contribution in [3.8, 4) is 0 Å². The zero-order valence-electron chi connectivity index (χ0n) is 9.80. The van der Waals surface area contributed by atoms with Crippen molar-refractivity contribution in [2.75, 3.05) is 6.54 Å². The van der Waals surface area contributed by atoms with Gasteiger partial charge in [-0.15, -0.1) is 0 Å². The fraction of sp³-hybridized carbons (Fsp3) is 0.167. The first-order chi connectivity index (χ1) is 8.41. The molecule has 0 fully saturated rings. The average Bonchev–Trinajstić information content (AvgIpc) is 2.35. The molecule has 6 nitrogen and oxygen atoms in total. The Morgan fingerprint density at radius 1 is 1.33 bits per heavy atom. The summed E-state index contributed by atoms with van der Waals surface area (Å²) in [5.41, 5.74) is 0.534. The van der Waals surface area contributed by atoms with Crippen LogP contribution in [-0.2, 0) is 4.79 Å². The highest BCUT2D eigenvalue weighted by Gasteiger charge is 2.10. The molecule has 0 aromatic heterocycles. The smallest absolute Gasteiger partial charge is 0.269 e. The molecule has 1 amide bonds. The van der Waals surface area contributed by atoms with E-state index in [2.05, 4.69) is 11.9 Å². The first-order valence-electron chi connectivity index (χ1n) is 5.13. The van der Waals surface area contributed by atoms with E-state index in [0.29, 0.717) is 11.1 Å². The van der Waals surface area contributed by atoms with E-state index in [1.54, 1.807) is 0 Å². The summed E-state index contributed by atoms with van der Waals surface area (Å²) in [5, 5.41) is 12.8. The zero-order valence-corrected chi connectivity index (χ0v) is 9.80. The highest BCUT2D eigenvalue weighted by atomic mass is 16.6. The lowest BCUT2D eigenvalue weighted by Gasteiger charge is -2.03. The van der Waals surface area contributed by atoms with Crippen LogP contribution in [0.5, 0.6) is 0 Å². The first-order valence-corrected chi connectivity index (χ1v) is 5.13. The maximum absolute atomic E-state index is 11.6. The Morgan fingerprint density at radius 3 is 2.33 bits per heavy atom. The second-order valence-electron chi connectivity index (χ2n) is 3.69. The number of benzene rings is 1. The molecule has 0 radical (unpaired) electrons. The number of nitro benzene ring substituents is 1. The lowest BCUT2D eigenvalue weighted by Crippen LogP contribution is -2.29. The summed E-state index contributed by atoms with van der Waals surface area (Å²) >= 11 is 0. The van der Waals surface area contributed by atoms with Gasteiger partial charge in [-0.25, -0.2) is 0 Å². The van der Waals surface area contributed by atoms with Crippen LogP contribution in [0.2, 0.25) is 0 Å². The van der Waals surface area contributed by atoms with Gasteiger partial charge in [0.2, 0.25) is 5.91 Å². The van der Waals surface area contributed by atoms with Crippen LogP contribution < -0.4 is 5.32 Å². The number of hydrogen-bond donors (Lipinski definition) is 1. The van der Waals surface area contributed by atoms with Crippen molar-refractivity contribution in [2.45, 2.75) is 6.92 Å². The minimum atomic E-state index is -0.545. The van der Waals surface area contributed by atoms with Crippen LogP contribution in [0, 0.1) is 10.1 Å². The number of nitro groups is 1. The van der Waals surface area contributed by atoms with E-state index >= 15 is 0 Å². The van der Waals surface area contributed by atoms with E-state index in [1.807, 2.05) is 0 Å². The van der Waals surface area contributed by atoms with E-state index < -0.39 is 10.8 Å². The van der Waals surface area contributed by atoms with E-state index in [-0.39, 0.29) is 18.0 Å². The van der Waals surface area contributed by atoms with E-state index in [1.165, 1.54) is 31.2 Å². The third kappa shape index (κ3) is 3.51. The van der Waals surface area contributed by atoms with Gasteiger partial charge in [0.15, 0.2) is 5.78 Å². The standard InChI is InChI=1S/C12H12N2O4/c1-8(2)12(16)13-7-11(15)9-3-5-10(6-4-9)14(17)18/h3-6H,1,7H2,2H3,(H,13,16). The van der Waals surface area contributed by atoms with Crippen molar-refractivity contribution < 1.29 is 14.5 Å².